The molecule has 0 fully saturated rings. The van der Waals surface area contributed by atoms with E-state index < -0.39 is 16.7 Å². The molecule has 0 aromatic heterocycles. The van der Waals surface area contributed by atoms with Crippen molar-refractivity contribution >= 4 is 23.7 Å². The van der Waals surface area contributed by atoms with Gasteiger partial charge in [-0.15, -0.1) is 11.8 Å². The fourth-order valence-corrected chi connectivity index (χ4v) is 2.65. The number of aliphatic carboxylic acids is 1. The van der Waals surface area contributed by atoms with Crippen LogP contribution < -0.4 is 0 Å². The van der Waals surface area contributed by atoms with Crippen LogP contribution in [0.5, 0.6) is 0 Å². The Morgan fingerprint density at radius 3 is 2.60 bits per heavy atom. The third kappa shape index (κ3) is 2.34. The summed E-state index contributed by atoms with van der Waals surface area (Å²) in [6.07, 6.45) is 0. The van der Waals surface area contributed by atoms with Crippen molar-refractivity contribution in [1.29, 1.82) is 0 Å². The summed E-state index contributed by atoms with van der Waals surface area (Å²) in [5.41, 5.74) is 0.463. The smallest absolute Gasteiger partial charge is 0.335 e. The van der Waals surface area contributed by atoms with Gasteiger partial charge in [0.05, 0.1) is 17.8 Å². The zero-order valence-corrected chi connectivity index (χ0v) is 9.81. The van der Waals surface area contributed by atoms with E-state index in [1.807, 2.05) is 0 Å². The minimum absolute atomic E-state index is 0.172. The van der Waals surface area contributed by atoms with Crippen LogP contribution in [0.15, 0.2) is 11.1 Å². The quantitative estimate of drug-likeness (QED) is 0.743. The Balaban J connectivity index is 3.07. The minimum atomic E-state index is -1.03. The second kappa shape index (κ2) is 4.26. The highest BCUT2D eigenvalue weighted by Crippen LogP contribution is 2.42. The third-order valence-corrected chi connectivity index (χ3v) is 3.58. The van der Waals surface area contributed by atoms with Gasteiger partial charge < -0.3 is 9.84 Å². The highest BCUT2D eigenvalue weighted by atomic mass is 32.2. The predicted molar refractivity (Wildman–Crippen MR) is 57.8 cm³/mol. The fourth-order valence-electron chi connectivity index (χ4n) is 1.53. The molecule has 1 aliphatic rings. The Morgan fingerprint density at radius 1 is 1.53 bits per heavy atom. The Morgan fingerprint density at radius 2 is 2.13 bits per heavy atom. The van der Waals surface area contributed by atoms with Gasteiger partial charge in [0.25, 0.3) is 0 Å². The second-order valence-corrected chi connectivity index (χ2v) is 5.28. The number of esters is 1. The van der Waals surface area contributed by atoms with E-state index in [0.29, 0.717) is 11.3 Å². The van der Waals surface area contributed by atoms with Crippen LogP contribution in [-0.2, 0) is 14.3 Å². The zero-order chi connectivity index (χ0) is 11.6. The summed E-state index contributed by atoms with van der Waals surface area (Å²) in [6.45, 7) is 5.56. The van der Waals surface area contributed by atoms with Crippen molar-refractivity contribution in [3.63, 3.8) is 0 Å². The number of carboxylic acid groups (broad SMARTS) is 1. The molecule has 4 nitrogen and oxygen atoms in total. The summed E-state index contributed by atoms with van der Waals surface area (Å²) in [6, 6.07) is 0. The van der Waals surface area contributed by atoms with Crippen molar-refractivity contribution in [2.45, 2.75) is 25.5 Å². The average molecular weight is 230 g/mol. The molecule has 1 heterocycles. The lowest BCUT2D eigenvalue weighted by Gasteiger charge is -2.17. The topological polar surface area (TPSA) is 63.6 Å². The molecule has 1 rings (SSSR count). The summed E-state index contributed by atoms with van der Waals surface area (Å²) in [5, 5.41) is 9.06. The third-order valence-electron chi connectivity index (χ3n) is 2.22. The maximum absolute atomic E-state index is 11.5. The van der Waals surface area contributed by atoms with Crippen molar-refractivity contribution in [2.75, 3.05) is 12.4 Å². The molecule has 1 aliphatic heterocycles. The summed E-state index contributed by atoms with van der Waals surface area (Å²) >= 11 is 1.44. The molecule has 0 unspecified atom stereocenters. The molecule has 1 N–H and O–H groups in total. The normalized spacial score (nSPS) is 19.1. The maximum atomic E-state index is 11.5. The van der Waals surface area contributed by atoms with Gasteiger partial charge in [0, 0.05) is 10.5 Å². The van der Waals surface area contributed by atoms with Crippen LogP contribution in [0.2, 0.25) is 0 Å². The standard InChI is InChI=1S/C10H14O4S/c1-4-14-9(13)6-5-15-10(2,3)7(6)8(11)12/h4-5H2,1-3H3,(H,11,12). The summed E-state index contributed by atoms with van der Waals surface area (Å²) in [4.78, 5) is 22.5. The average Bonchev–Trinajstić information content (AvgIpc) is 2.41. The zero-order valence-electron chi connectivity index (χ0n) is 8.99. The first-order chi connectivity index (χ1) is 6.90. The number of thioether (sulfide) groups is 1. The molecular weight excluding hydrogens is 216 g/mol. The SMILES string of the molecule is CCOC(=O)C1=C(C(=O)O)C(C)(C)SC1. The van der Waals surface area contributed by atoms with Gasteiger partial charge in [0.2, 0.25) is 0 Å². The lowest BCUT2D eigenvalue weighted by molar-refractivity contribution is -0.139. The molecule has 15 heavy (non-hydrogen) atoms. The molecule has 5 heteroatoms. The monoisotopic (exact) mass is 230 g/mol. The van der Waals surface area contributed by atoms with Crippen LogP contribution in [0.25, 0.3) is 0 Å². The van der Waals surface area contributed by atoms with E-state index in [4.69, 9.17) is 9.84 Å². The van der Waals surface area contributed by atoms with Crippen LogP contribution in [-0.4, -0.2) is 34.2 Å². The van der Waals surface area contributed by atoms with E-state index in [9.17, 15) is 9.59 Å². The van der Waals surface area contributed by atoms with Gasteiger partial charge in [-0.3, -0.25) is 0 Å². The molecule has 0 radical (unpaired) electrons. The number of ether oxygens (including phenoxy) is 1. The largest absolute Gasteiger partial charge is 0.478 e. The highest BCUT2D eigenvalue weighted by Gasteiger charge is 2.40. The van der Waals surface area contributed by atoms with Crippen molar-refractivity contribution in [1.82, 2.24) is 0 Å². The van der Waals surface area contributed by atoms with Crippen LogP contribution in [0.3, 0.4) is 0 Å². The minimum Gasteiger partial charge on any atom is -0.478 e. The number of carbonyl (C=O) groups excluding carboxylic acids is 1. The summed E-state index contributed by atoms with van der Waals surface area (Å²) in [7, 11) is 0. The first-order valence-electron chi connectivity index (χ1n) is 4.68. The summed E-state index contributed by atoms with van der Waals surface area (Å²) in [5.74, 6) is -1.13. The number of hydrogen-bond acceptors (Lipinski definition) is 4. The predicted octanol–water partition coefficient (Wildman–Crippen LogP) is 1.46. The number of rotatable bonds is 3. The number of carbonyl (C=O) groups is 2. The molecule has 0 aliphatic carbocycles. The van der Waals surface area contributed by atoms with E-state index in [0.717, 1.165) is 0 Å². The van der Waals surface area contributed by atoms with Gasteiger partial charge in [-0.2, -0.15) is 0 Å². The van der Waals surface area contributed by atoms with Gasteiger partial charge in [0.1, 0.15) is 0 Å². The van der Waals surface area contributed by atoms with Gasteiger partial charge >= 0.3 is 11.9 Å². The Kier molecular flexibility index (Phi) is 3.44. The van der Waals surface area contributed by atoms with E-state index >= 15 is 0 Å². The van der Waals surface area contributed by atoms with Crippen molar-refractivity contribution in [3.05, 3.63) is 11.1 Å². The molecule has 0 bridgehead atoms. The van der Waals surface area contributed by atoms with E-state index in [-0.39, 0.29) is 12.2 Å². The molecule has 0 amide bonds. The molecule has 0 atom stereocenters. The van der Waals surface area contributed by atoms with E-state index in [1.54, 1.807) is 20.8 Å². The van der Waals surface area contributed by atoms with Crippen LogP contribution in [0.4, 0.5) is 0 Å². The molecule has 0 aromatic carbocycles. The Labute approximate surface area is 92.7 Å². The van der Waals surface area contributed by atoms with Gasteiger partial charge in [-0.05, 0) is 20.8 Å². The molecular formula is C10H14O4S. The Bertz CT molecular complexity index is 330. The molecule has 0 saturated carbocycles. The van der Waals surface area contributed by atoms with E-state index in [1.165, 1.54) is 11.8 Å². The number of hydrogen-bond donors (Lipinski definition) is 1. The van der Waals surface area contributed by atoms with Crippen molar-refractivity contribution in [3.8, 4) is 0 Å². The fraction of sp³-hybridized carbons (Fsp3) is 0.600. The van der Waals surface area contributed by atoms with Gasteiger partial charge in [-0.1, -0.05) is 0 Å². The van der Waals surface area contributed by atoms with Gasteiger partial charge in [-0.25, -0.2) is 9.59 Å². The van der Waals surface area contributed by atoms with Crippen LogP contribution >= 0.6 is 11.8 Å². The Hall–Kier alpha value is -0.970. The molecule has 0 aromatic rings. The van der Waals surface area contributed by atoms with Crippen molar-refractivity contribution in [2.24, 2.45) is 0 Å². The number of carboxylic acids is 1. The van der Waals surface area contributed by atoms with Crippen LogP contribution in [0, 0.1) is 0 Å². The van der Waals surface area contributed by atoms with E-state index in [2.05, 4.69) is 0 Å². The van der Waals surface area contributed by atoms with Gasteiger partial charge in [0.15, 0.2) is 0 Å². The second-order valence-electron chi connectivity index (χ2n) is 3.68. The first kappa shape index (κ1) is 12.1. The van der Waals surface area contributed by atoms with Crippen molar-refractivity contribution < 1.29 is 19.4 Å². The first-order valence-corrected chi connectivity index (χ1v) is 5.66. The molecule has 0 spiro atoms. The highest BCUT2D eigenvalue weighted by molar-refractivity contribution is 8.01. The van der Waals surface area contributed by atoms with Crippen LogP contribution in [0.1, 0.15) is 20.8 Å². The lowest BCUT2D eigenvalue weighted by atomic mass is 9.98. The maximum Gasteiger partial charge on any atom is 0.335 e. The molecule has 0 saturated heterocycles. The molecule has 84 valence electrons. The lowest BCUT2D eigenvalue weighted by Crippen LogP contribution is -2.23. The summed E-state index contributed by atoms with van der Waals surface area (Å²) < 4.78 is 4.31.